The van der Waals surface area contributed by atoms with E-state index in [-0.39, 0.29) is 17.0 Å². The van der Waals surface area contributed by atoms with Crippen molar-refractivity contribution in [1.82, 2.24) is 0 Å². The van der Waals surface area contributed by atoms with E-state index in [1.807, 2.05) is 0 Å². The Bertz CT molecular complexity index is 984. The molecule has 0 bridgehead atoms. The molecular weight excluding hydrogens is 406 g/mol. The van der Waals surface area contributed by atoms with Gasteiger partial charge in [0.1, 0.15) is 6.54 Å². The number of rotatable bonds is 4. The monoisotopic (exact) mass is 431 g/mol. The summed E-state index contributed by atoms with van der Waals surface area (Å²) in [4.78, 5) is 0. The Morgan fingerprint density at radius 3 is 2.36 bits per heavy atom. The molecule has 0 saturated carbocycles. The lowest BCUT2D eigenvalue weighted by atomic mass is 10.1. The van der Waals surface area contributed by atoms with Gasteiger partial charge in [0.25, 0.3) is 0 Å². The van der Waals surface area contributed by atoms with Gasteiger partial charge in [-0.05, 0) is 34.4 Å². The molecule has 0 unspecified atom stereocenters. The number of likely N-dealkylation sites (tertiary alicyclic amines) is 1. The zero-order chi connectivity index (χ0) is 18.4. The lowest BCUT2D eigenvalue weighted by molar-refractivity contribution is -0.904. The molecule has 0 atom stereocenters. The molecule has 3 aromatic rings. The second-order valence-electron chi connectivity index (χ2n) is 7.48. The number of benzene rings is 3. The highest BCUT2D eigenvalue weighted by atomic mass is 79.9. The molecule has 28 heavy (non-hydrogen) atoms. The van der Waals surface area contributed by atoms with Crippen molar-refractivity contribution >= 4 is 16.8 Å². The molecule has 1 aliphatic heterocycles. The SMILES string of the molecule is C(#Cc1cccc2ccccc12)C[N+]1(CC=Cc2ccccc2)CCCC1.[Br-]. The van der Waals surface area contributed by atoms with Crippen LogP contribution in [0, 0.1) is 11.8 Å². The topological polar surface area (TPSA) is 0 Å². The maximum Gasteiger partial charge on any atom is 0.141 e. The molecule has 0 aromatic heterocycles. The van der Waals surface area contributed by atoms with E-state index in [2.05, 4.69) is 96.8 Å². The van der Waals surface area contributed by atoms with E-state index in [0.29, 0.717) is 0 Å². The lowest BCUT2D eigenvalue weighted by Crippen LogP contribution is -3.00. The van der Waals surface area contributed by atoms with Crippen LogP contribution in [0.2, 0.25) is 0 Å². The maximum atomic E-state index is 3.51. The minimum absolute atomic E-state index is 0. The Kier molecular flexibility index (Phi) is 7.09. The highest BCUT2D eigenvalue weighted by molar-refractivity contribution is 5.88. The summed E-state index contributed by atoms with van der Waals surface area (Å²) in [7, 11) is 0. The van der Waals surface area contributed by atoms with Gasteiger partial charge in [-0.3, -0.25) is 0 Å². The Hall–Kier alpha value is -2.34. The van der Waals surface area contributed by atoms with Gasteiger partial charge in [0.2, 0.25) is 0 Å². The van der Waals surface area contributed by atoms with Crippen LogP contribution in [-0.4, -0.2) is 30.7 Å². The van der Waals surface area contributed by atoms with Gasteiger partial charge in [-0.1, -0.05) is 78.7 Å². The van der Waals surface area contributed by atoms with E-state index in [9.17, 15) is 0 Å². The Morgan fingerprint density at radius 2 is 1.54 bits per heavy atom. The first kappa shape index (κ1) is 20.4. The summed E-state index contributed by atoms with van der Waals surface area (Å²) in [6.07, 6.45) is 7.21. The average molecular weight is 432 g/mol. The molecule has 0 radical (unpaired) electrons. The fourth-order valence-electron chi connectivity index (χ4n) is 4.02. The zero-order valence-corrected chi connectivity index (χ0v) is 17.7. The fraction of sp³-hybridized carbons (Fsp3) is 0.231. The third-order valence-electron chi connectivity index (χ3n) is 5.54. The summed E-state index contributed by atoms with van der Waals surface area (Å²) < 4.78 is 1.10. The van der Waals surface area contributed by atoms with Gasteiger partial charge in [-0.15, -0.1) is 0 Å². The number of halogens is 1. The van der Waals surface area contributed by atoms with Crippen LogP contribution in [0.1, 0.15) is 24.0 Å². The first-order valence-corrected chi connectivity index (χ1v) is 9.88. The minimum Gasteiger partial charge on any atom is -1.00 e. The molecule has 0 amide bonds. The highest BCUT2D eigenvalue weighted by Crippen LogP contribution is 2.20. The quantitative estimate of drug-likeness (QED) is 0.439. The second kappa shape index (κ2) is 9.73. The zero-order valence-electron chi connectivity index (χ0n) is 16.2. The molecule has 1 heterocycles. The van der Waals surface area contributed by atoms with Crippen LogP contribution in [0.25, 0.3) is 16.8 Å². The van der Waals surface area contributed by atoms with Crippen LogP contribution >= 0.6 is 0 Å². The Morgan fingerprint density at radius 1 is 0.821 bits per heavy atom. The molecule has 0 aliphatic carbocycles. The molecule has 1 aliphatic rings. The van der Waals surface area contributed by atoms with Gasteiger partial charge in [0, 0.05) is 18.4 Å². The molecule has 0 N–H and O–H groups in total. The molecular formula is C26H26BrN. The minimum atomic E-state index is 0. The molecule has 3 aromatic carbocycles. The van der Waals surface area contributed by atoms with E-state index in [1.165, 1.54) is 42.3 Å². The summed E-state index contributed by atoms with van der Waals surface area (Å²) in [6.45, 7) is 4.48. The van der Waals surface area contributed by atoms with Gasteiger partial charge in [-0.25, -0.2) is 0 Å². The number of fused-ring (bicyclic) bond motifs is 1. The van der Waals surface area contributed by atoms with E-state index in [0.717, 1.165) is 23.1 Å². The van der Waals surface area contributed by atoms with Crippen molar-refractivity contribution in [2.24, 2.45) is 0 Å². The summed E-state index contributed by atoms with van der Waals surface area (Å²) in [5.41, 5.74) is 2.42. The fourth-order valence-corrected chi connectivity index (χ4v) is 4.02. The number of nitrogens with zero attached hydrogens (tertiary/aromatic N) is 1. The van der Waals surface area contributed by atoms with Crippen LogP contribution in [0.4, 0.5) is 0 Å². The number of quaternary nitrogens is 1. The van der Waals surface area contributed by atoms with Crippen LogP contribution in [0.15, 0.2) is 78.9 Å². The van der Waals surface area contributed by atoms with Crippen molar-refractivity contribution < 1.29 is 21.5 Å². The molecule has 4 rings (SSSR count). The smallest absolute Gasteiger partial charge is 0.141 e. The third-order valence-corrected chi connectivity index (χ3v) is 5.54. The highest BCUT2D eigenvalue weighted by Gasteiger charge is 2.29. The molecule has 1 nitrogen and oxygen atoms in total. The van der Waals surface area contributed by atoms with Crippen molar-refractivity contribution in [2.45, 2.75) is 12.8 Å². The molecule has 0 spiro atoms. The summed E-state index contributed by atoms with van der Waals surface area (Å²) in [6, 6.07) is 25.5. The molecule has 142 valence electrons. The summed E-state index contributed by atoms with van der Waals surface area (Å²) in [5, 5.41) is 2.52. The van der Waals surface area contributed by atoms with E-state index in [4.69, 9.17) is 0 Å². The number of hydrogen-bond acceptors (Lipinski definition) is 0. The number of hydrogen-bond donors (Lipinski definition) is 0. The molecule has 2 heteroatoms. The standard InChI is InChI=1S/C26H26N.BrH/c1-2-11-23(12-3-1)13-9-21-27(19-6-7-20-27)22-10-17-25-16-8-15-24-14-4-5-18-26(24)25;/h1-5,8-9,11-16,18H,6-7,19-22H2;1H/q+1;/p-1. The van der Waals surface area contributed by atoms with Gasteiger partial charge in [-0.2, -0.15) is 0 Å². The van der Waals surface area contributed by atoms with Gasteiger partial charge in [0.05, 0.1) is 19.6 Å². The Labute approximate surface area is 179 Å². The second-order valence-corrected chi connectivity index (χ2v) is 7.48. The first-order chi connectivity index (χ1) is 13.3. The summed E-state index contributed by atoms with van der Waals surface area (Å²) in [5.74, 6) is 6.97. The molecule has 1 fully saturated rings. The third kappa shape index (κ3) is 4.93. The summed E-state index contributed by atoms with van der Waals surface area (Å²) >= 11 is 0. The first-order valence-electron chi connectivity index (χ1n) is 9.88. The van der Waals surface area contributed by atoms with Crippen LogP contribution < -0.4 is 17.0 Å². The van der Waals surface area contributed by atoms with Crippen LogP contribution in [0.5, 0.6) is 0 Å². The van der Waals surface area contributed by atoms with Crippen molar-refractivity contribution in [3.8, 4) is 11.8 Å². The average Bonchev–Trinajstić information content (AvgIpc) is 3.18. The van der Waals surface area contributed by atoms with E-state index in [1.54, 1.807) is 0 Å². The van der Waals surface area contributed by atoms with Gasteiger partial charge < -0.3 is 21.5 Å². The largest absolute Gasteiger partial charge is 1.00 e. The van der Waals surface area contributed by atoms with Crippen molar-refractivity contribution in [2.75, 3.05) is 26.2 Å². The predicted molar refractivity (Wildman–Crippen MR) is 115 cm³/mol. The normalized spacial score (nSPS) is 15.1. The Balaban J connectivity index is 0.00000225. The van der Waals surface area contributed by atoms with E-state index >= 15 is 0 Å². The van der Waals surface area contributed by atoms with Crippen molar-refractivity contribution in [3.05, 3.63) is 90.0 Å². The van der Waals surface area contributed by atoms with Crippen LogP contribution in [0.3, 0.4) is 0 Å². The lowest BCUT2D eigenvalue weighted by Gasteiger charge is -2.31. The van der Waals surface area contributed by atoms with Gasteiger partial charge in [0.15, 0.2) is 0 Å². The molecule has 1 saturated heterocycles. The van der Waals surface area contributed by atoms with Crippen molar-refractivity contribution in [1.29, 1.82) is 0 Å². The van der Waals surface area contributed by atoms with Gasteiger partial charge >= 0.3 is 0 Å². The van der Waals surface area contributed by atoms with Crippen molar-refractivity contribution in [3.63, 3.8) is 0 Å². The predicted octanol–water partition coefficient (Wildman–Crippen LogP) is 2.52. The van der Waals surface area contributed by atoms with Crippen LogP contribution in [-0.2, 0) is 0 Å². The van der Waals surface area contributed by atoms with E-state index < -0.39 is 0 Å². The maximum absolute atomic E-state index is 3.51.